The van der Waals surface area contributed by atoms with Gasteiger partial charge >= 0.3 is 34.8 Å². The molecule has 0 aromatic rings. The van der Waals surface area contributed by atoms with E-state index in [4.69, 9.17) is 9.59 Å². The zero-order chi connectivity index (χ0) is 11.3. The van der Waals surface area contributed by atoms with E-state index in [-0.39, 0.29) is 11.6 Å². The summed E-state index contributed by atoms with van der Waals surface area (Å²) in [4.78, 5) is 37.0. The number of rotatable bonds is 0. The van der Waals surface area contributed by atoms with Gasteiger partial charge in [0.2, 0.25) is 0 Å². The summed E-state index contributed by atoms with van der Waals surface area (Å²) < 4.78 is 2.83. The molecule has 0 saturated carbocycles. The van der Waals surface area contributed by atoms with Gasteiger partial charge in [-0.1, -0.05) is 0 Å². The first-order valence-electron chi connectivity index (χ1n) is 3.15. The molecule has 0 aliphatic heterocycles. The second kappa shape index (κ2) is 17.3. The van der Waals surface area contributed by atoms with Crippen molar-refractivity contribution in [2.45, 2.75) is 27.7 Å². The minimum atomic E-state index is -0.704. The van der Waals surface area contributed by atoms with Crippen molar-refractivity contribution in [1.29, 1.82) is 0 Å². The first-order chi connectivity index (χ1) is 5.88. The Labute approximate surface area is 84.0 Å². The number of hydrogen-bond donors (Lipinski definition) is 0. The third-order valence-corrected chi connectivity index (χ3v) is 0.403. The van der Waals surface area contributed by atoms with Gasteiger partial charge in [0.15, 0.2) is 0 Å². The number of carbonyl (C=O) groups excluding carboxylic acids is 4. The number of carbonyl (C=O) groups is 2. The summed E-state index contributed by atoms with van der Waals surface area (Å²) in [5, 5.41) is 0. The van der Waals surface area contributed by atoms with Crippen LogP contribution in [-0.2, 0) is 35.4 Å². The normalized spacial score (nSPS) is 5.85. The van der Waals surface area contributed by atoms with Crippen LogP contribution in [0.15, 0.2) is 0 Å². The molecular weight excluding hydrogens is 263 g/mol. The number of Topliss-reactive ketones (excluding diaryl/α,β-unsaturated/α-hetero) is 2. The standard InChI is InChI=1S/2C3H6O.2CO.Rh/c2*1-3(2)4;2*1-2;/h2*1-2H3;;;. The Morgan fingerprint density at radius 2 is 1.00 bits per heavy atom. The minimum absolute atomic E-state index is 0.167. The van der Waals surface area contributed by atoms with Gasteiger partial charge in [-0.3, -0.25) is 0 Å². The Balaban J connectivity index is -0.000000117. The molecule has 13 heavy (non-hydrogen) atoms. The van der Waals surface area contributed by atoms with E-state index in [1.807, 2.05) is 0 Å². The topological polar surface area (TPSA) is 68.3 Å². The molecule has 0 atom stereocenters. The third kappa shape index (κ3) is 734. The summed E-state index contributed by atoms with van der Waals surface area (Å²) in [6.45, 7) is 6.11. The SMILES string of the molecule is CC(C)=O.CC(C)=O.O=[C]=[Rh]=[C]=O. The number of hydrogen-bond acceptors (Lipinski definition) is 4. The molecule has 0 aliphatic carbocycles. The third-order valence-electron chi connectivity index (χ3n) is 0.0680. The van der Waals surface area contributed by atoms with Crippen molar-refractivity contribution in [1.82, 2.24) is 0 Å². The molecule has 0 bridgehead atoms. The summed E-state index contributed by atoms with van der Waals surface area (Å²) in [5.41, 5.74) is 0. The van der Waals surface area contributed by atoms with Gasteiger partial charge in [-0.2, -0.15) is 0 Å². The van der Waals surface area contributed by atoms with Gasteiger partial charge in [0, 0.05) is 0 Å². The Kier molecular flexibility index (Phi) is 23.9. The van der Waals surface area contributed by atoms with Crippen LogP contribution in [-0.4, -0.2) is 20.5 Å². The van der Waals surface area contributed by atoms with Gasteiger partial charge in [0.25, 0.3) is 0 Å². The molecule has 77 valence electrons. The average molecular weight is 275 g/mol. The van der Waals surface area contributed by atoms with Gasteiger partial charge in [-0.05, 0) is 27.7 Å². The predicted molar refractivity (Wildman–Crippen MR) is 44.1 cm³/mol. The molecule has 0 fully saturated rings. The van der Waals surface area contributed by atoms with Crippen molar-refractivity contribution < 1.29 is 35.4 Å². The first-order valence-corrected chi connectivity index (χ1v) is 4.79. The fraction of sp³-hybridized carbons (Fsp3) is 0.500. The van der Waals surface area contributed by atoms with Crippen LogP contribution in [0.1, 0.15) is 27.7 Å². The molecule has 0 rings (SSSR count). The van der Waals surface area contributed by atoms with Crippen LogP contribution in [0.4, 0.5) is 0 Å². The molecule has 0 aliphatic rings. The molecule has 0 aromatic heterocycles. The Morgan fingerprint density at radius 3 is 1.00 bits per heavy atom. The molecule has 0 heterocycles. The maximum atomic E-state index is 9.44. The summed E-state index contributed by atoms with van der Waals surface area (Å²) in [6.07, 6.45) is 0. The molecule has 0 amide bonds. The summed E-state index contributed by atoms with van der Waals surface area (Å²) in [7, 11) is 0. The Hall–Kier alpha value is -0.877. The Bertz CT molecular complexity index is 221. The fourth-order valence-corrected chi connectivity index (χ4v) is 0.0822. The van der Waals surface area contributed by atoms with E-state index in [1.165, 1.54) is 36.6 Å². The van der Waals surface area contributed by atoms with E-state index in [9.17, 15) is 9.59 Å². The van der Waals surface area contributed by atoms with E-state index in [0.717, 1.165) is 0 Å². The van der Waals surface area contributed by atoms with Gasteiger partial charge in [-0.25, -0.2) is 0 Å². The summed E-state index contributed by atoms with van der Waals surface area (Å²) in [5.74, 6) is 0.333. The van der Waals surface area contributed by atoms with Crippen LogP contribution in [0.25, 0.3) is 0 Å². The molecule has 0 spiro atoms. The molecule has 0 saturated heterocycles. The van der Waals surface area contributed by atoms with E-state index < -0.39 is 16.2 Å². The van der Waals surface area contributed by atoms with Crippen molar-refractivity contribution in [3.05, 3.63) is 0 Å². The molecule has 0 aromatic carbocycles. The second-order valence-electron chi connectivity index (χ2n) is 2.04. The molecular formula is C8H12O4Rh. The molecule has 0 radical (unpaired) electrons. The van der Waals surface area contributed by atoms with Crippen molar-refractivity contribution in [3.8, 4) is 0 Å². The molecule has 0 unspecified atom stereocenters. The van der Waals surface area contributed by atoms with Crippen molar-refractivity contribution in [3.63, 3.8) is 0 Å². The van der Waals surface area contributed by atoms with Gasteiger partial charge in [-0.15, -0.1) is 0 Å². The van der Waals surface area contributed by atoms with Crippen LogP contribution in [0, 0.1) is 0 Å². The van der Waals surface area contributed by atoms with Crippen LogP contribution in [0.3, 0.4) is 0 Å². The van der Waals surface area contributed by atoms with Crippen LogP contribution < -0.4 is 0 Å². The molecule has 0 N–H and O–H groups in total. The quantitative estimate of drug-likeness (QED) is 0.600. The molecule has 4 nitrogen and oxygen atoms in total. The molecule has 5 heteroatoms. The van der Waals surface area contributed by atoms with Gasteiger partial charge < -0.3 is 9.59 Å². The Morgan fingerprint density at radius 1 is 0.846 bits per heavy atom. The van der Waals surface area contributed by atoms with E-state index in [2.05, 4.69) is 0 Å². The predicted octanol–water partition coefficient (Wildman–Crippen LogP) is 0.394. The fourth-order valence-electron chi connectivity index (χ4n) is 0.0139. The zero-order valence-electron chi connectivity index (χ0n) is 7.97. The monoisotopic (exact) mass is 275 g/mol. The zero-order valence-corrected chi connectivity index (χ0v) is 9.61. The van der Waals surface area contributed by atoms with E-state index in [1.54, 1.807) is 0 Å². The van der Waals surface area contributed by atoms with Gasteiger partial charge in [0.05, 0.1) is 0 Å². The van der Waals surface area contributed by atoms with Crippen LogP contribution in [0.2, 0.25) is 0 Å². The van der Waals surface area contributed by atoms with Crippen molar-refractivity contribution in [2.24, 2.45) is 0 Å². The van der Waals surface area contributed by atoms with Crippen LogP contribution >= 0.6 is 0 Å². The summed E-state index contributed by atoms with van der Waals surface area (Å²) >= 11 is -0.704. The maximum absolute atomic E-state index is 9.44. The number of ketones is 2. The summed E-state index contributed by atoms with van der Waals surface area (Å²) in [6, 6.07) is 0. The van der Waals surface area contributed by atoms with E-state index >= 15 is 0 Å². The average Bonchev–Trinajstić information content (AvgIpc) is 1.86. The first kappa shape index (κ1) is 18.0. The van der Waals surface area contributed by atoms with Crippen molar-refractivity contribution >= 4 is 20.5 Å². The van der Waals surface area contributed by atoms with Crippen LogP contribution in [0.5, 0.6) is 0 Å². The van der Waals surface area contributed by atoms with Gasteiger partial charge in [0.1, 0.15) is 11.6 Å². The van der Waals surface area contributed by atoms with E-state index in [0.29, 0.717) is 0 Å². The second-order valence-corrected chi connectivity index (χ2v) is 3.11. The van der Waals surface area contributed by atoms with Crippen molar-refractivity contribution in [2.75, 3.05) is 0 Å².